The van der Waals surface area contributed by atoms with E-state index in [4.69, 9.17) is 8.92 Å². The van der Waals surface area contributed by atoms with Crippen molar-refractivity contribution < 1.29 is 17.3 Å². The van der Waals surface area contributed by atoms with Gasteiger partial charge in [0, 0.05) is 6.54 Å². The molecule has 1 aliphatic rings. The molecule has 0 aromatic heterocycles. The largest absolute Gasteiger partial charge is 0.367 e. The van der Waals surface area contributed by atoms with E-state index < -0.39 is 16.2 Å². The molecule has 0 radical (unpaired) electrons. The molecule has 0 saturated heterocycles. The first-order chi connectivity index (χ1) is 9.53. The SMILES string of the molecule is CNCC(OS(=O)(=O)c1ccc(C)cc1)[C@@H]1C=CCO1. The van der Waals surface area contributed by atoms with Crippen LogP contribution in [0.15, 0.2) is 41.3 Å². The van der Waals surface area contributed by atoms with Gasteiger partial charge in [0.25, 0.3) is 10.1 Å². The van der Waals surface area contributed by atoms with Gasteiger partial charge in [-0.1, -0.05) is 29.8 Å². The number of likely N-dealkylation sites (N-methyl/N-ethyl adjacent to an activating group) is 1. The van der Waals surface area contributed by atoms with E-state index in [1.807, 2.05) is 19.1 Å². The molecule has 1 N–H and O–H groups in total. The summed E-state index contributed by atoms with van der Waals surface area (Å²) in [6.07, 6.45) is 2.76. The molecule has 0 saturated carbocycles. The fraction of sp³-hybridized carbons (Fsp3) is 0.429. The molecule has 20 heavy (non-hydrogen) atoms. The van der Waals surface area contributed by atoms with Crippen LogP contribution in [-0.4, -0.2) is 40.8 Å². The van der Waals surface area contributed by atoms with Crippen molar-refractivity contribution in [1.29, 1.82) is 0 Å². The molecular weight excluding hydrogens is 278 g/mol. The molecule has 110 valence electrons. The van der Waals surface area contributed by atoms with Crippen molar-refractivity contribution >= 4 is 10.1 Å². The van der Waals surface area contributed by atoms with Gasteiger partial charge in [-0.3, -0.25) is 4.18 Å². The maximum Gasteiger partial charge on any atom is 0.297 e. The highest BCUT2D eigenvalue weighted by Gasteiger charge is 2.29. The van der Waals surface area contributed by atoms with Gasteiger partial charge in [0.1, 0.15) is 12.2 Å². The number of benzene rings is 1. The van der Waals surface area contributed by atoms with Crippen LogP contribution >= 0.6 is 0 Å². The molecule has 2 atom stereocenters. The zero-order valence-electron chi connectivity index (χ0n) is 11.6. The van der Waals surface area contributed by atoms with Crippen LogP contribution in [-0.2, 0) is 19.0 Å². The number of hydrogen-bond acceptors (Lipinski definition) is 5. The van der Waals surface area contributed by atoms with Crippen LogP contribution in [0, 0.1) is 6.92 Å². The Balaban J connectivity index is 2.15. The summed E-state index contributed by atoms with van der Waals surface area (Å²) < 4.78 is 35.3. The van der Waals surface area contributed by atoms with E-state index in [-0.39, 0.29) is 11.0 Å². The van der Waals surface area contributed by atoms with Gasteiger partial charge in [0.2, 0.25) is 0 Å². The van der Waals surface area contributed by atoms with Crippen molar-refractivity contribution in [2.45, 2.75) is 24.0 Å². The monoisotopic (exact) mass is 297 g/mol. The lowest BCUT2D eigenvalue weighted by Gasteiger charge is -2.21. The van der Waals surface area contributed by atoms with Crippen LogP contribution in [0.5, 0.6) is 0 Å². The fourth-order valence-electron chi connectivity index (χ4n) is 1.97. The summed E-state index contributed by atoms with van der Waals surface area (Å²) in [7, 11) is -2.05. The molecular formula is C14H19NO4S. The van der Waals surface area contributed by atoms with Crippen LogP contribution in [0.4, 0.5) is 0 Å². The van der Waals surface area contributed by atoms with E-state index >= 15 is 0 Å². The molecule has 0 bridgehead atoms. The Labute approximate surface area is 119 Å². The van der Waals surface area contributed by atoms with Crippen molar-refractivity contribution in [3.05, 3.63) is 42.0 Å². The van der Waals surface area contributed by atoms with Gasteiger partial charge in [-0.15, -0.1) is 0 Å². The third-order valence-electron chi connectivity index (χ3n) is 3.04. The Morgan fingerprint density at radius 3 is 2.65 bits per heavy atom. The van der Waals surface area contributed by atoms with Crippen LogP contribution in [0.1, 0.15) is 5.56 Å². The minimum Gasteiger partial charge on any atom is -0.367 e. The van der Waals surface area contributed by atoms with Gasteiger partial charge in [0.05, 0.1) is 11.5 Å². The zero-order chi connectivity index (χ0) is 14.6. The summed E-state index contributed by atoms with van der Waals surface area (Å²) in [6.45, 7) is 2.77. The second-order valence-electron chi connectivity index (χ2n) is 4.69. The molecule has 0 spiro atoms. The molecule has 1 aromatic rings. The lowest BCUT2D eigenvalue weighted by atomic mass is 10.2. The predicted molar refractivity (Wildman–Crippen MR) is 76.0 cm³/mol. The van der Waals surface area contributed by atoms with E-state index in [0.717, 1.165) is 5.56 Å². The average molecular weight is 297 g/mol. The Kier molecular flexibility index (Phi) is 4.93. The normalized spacial score (nSPS) is 20.2. The fourth-order valence-corrected chi connectivity index (χ4v) is 3.06. The molecule has 5 nitrogen and oxygen atoms in total. The van der Waals surface area contributed by atoms with Crippen molar-refractivity contribution in [3.63, 3.8) is 0 Å². The van der Waals surface area contributed by atoms with Gasteiger partial charge in [-0.2, -0.15) is 8.42 Å². The van der Waals surface area contributed by atoms with Gasteiger partial charge in [-0.25, -0.2) is 0 Å². The number of rotatable bonds is 6. The predicted octanol–water partition coefficient (Wildman–Crippen LogP) is 1.24. The van der Waals surface area contributed by atoms with Crippen LogP contribution in [0.25, 0.3) is 0 Å². The second kappa shape index (κ2) is 6.49. The van der Waals surface area contributed by atoms with Crippen LogP contribution < -0.4 is 5.32 Å². The molecule has 1 aromatic carbocycles. The van der Waals surface area contributed by atoms with Crippen molar-refractivity contribution in [1.82, 2.24) is 5.32 Å². The average Bonchev–Trinajstić information content (AvgIpc) is 2.92. The molecule has 0 aliphatic carbocycles. The van der Waals surface area contributed by atoms with Crippen molar-refractivity contribution in [3.8, 4) is 0 Å². The number of nitrogens with one attached hydrogen (secondary N) is 1. The van der Waals surface area contributed by atoms with Gasteiger partial charge in [-0.05, 0) is 26.1 Å². The molecule has 1 heterocycles. The van der Waals surface area contributed by atoms with E-state index in [0.29, 0.717) is 13.2 Å². The first-order valence-electron chi connectivity index (χ1n) is 6.46. The summed E-state index contributed by atoms with van der Waals surface area (Å²) in [5, 5.41) is 2.92. The molecule has 0 amide bonds. The Morgan fingerprint density at radius 2 is 2.10 bits per heavy atom. The Bertz CT molecular complexity index is 565. The summed E-state index contributed by atoms with van der Waals surface area (Å²) >= 11 is 0. The smallest absolute Gasteiger partial charge is 0.297 e. The summed E-state index contributed by atoms with van der Waals surface area (Å²) in [5.41, 5.74) is 0.998. The van der Waals surface area contributed by atoms with Gasteiger partial charge >= 0.3 is 0 Å². The summed E-state index contributed by atoms with van der Waals surface area (Å²) in [6, 6.07) is 6.59. The second-order valence-corrected chi connectivity index (χ2v) is 6.26. The maximum absolute atomic E-state index is 12.3. The first-order valence-corrected chi connectivity index (χ1v) is 7.86. The minimum absolute atomic E-state index is 0.158. The molecule has 1 aliphatic heterocycles. The standard InChI is InChI=1S/C14H19NO4S/c1-11-5-7-12(8-6-11)20(16,17)19-14(10-15-2)13-4-3-9-18-13/h3-8,13-15H,9-10H2,1-2H3/t13-,14?/m0/s1. The molecule has 6 heteroatoms. The minimum atomic E-state index is -3.79. The summed E-state index contributed by atoms with van der Waals surface area (Å²) in [4.78, 5) is 0.158. The van der Waals surface area contributed by atoms with Crippen molar-refractivity contribution in [2.75, 3.05) is 20.2 Å². The Hall–Kier alpha value is -1.21. The van der Waals surface area contributed by atoms with E-state index in [1.54, 1.807) is 31.3 Å². The third kappa shape index (κ3) is 3.67. The van der Waals surface area contributed by atoms with Crippen LogP contribution in [0.2, 0.25) is 0 Å². The van der Waals surface area contributed by atoms with Crippen LogP contribution in [0.3, 0.4) is 0 Å². The van der Waals surface area contributed by atoms with E-state index in [9.17, 15) is 8.42 Å². The molecule has 1 unspecified atom stereocenters. The Morgan fingerprint density at radius 1 is 1.40 bits per heavy atom. The summed E-state index contributed by atoms with van der Waals surface area (Å²) in [5.74, 6) is 0. The number of hydrogen-bond donors (Lipinski definition) is 1. The lowest BCUT2D eigenvalue weighted by Crippen LogP contribution is -2.38. The first kappa shape index (κ1) is 15.2. The highest BCUT2D eigenvalue weighted by Crippen LogP contribution is 2.19. The number of aryl methyl sites for hydroxylation is 1. The third-order valence-corrected chi connectivity index (χ3v) is 4.39. The highest BCUT2D eigenvalue weighted by atomic mass is 32.2. The van der Waals surface area contributed by atoms with E-state index in [2.05, 4.69) is 5.32 Å². The topological polar surface area (TPSA) is 64.6 Å². The maximum atomic E-state index is 12.3. The quantitative estimate of drug-likeness (QED) is 0.632. The van der Waals surface area contributed by atoms with Crippen molar-refractivity contribution in [2.24, 2.45) is 0 Å². The molecule has 0 fully saturated rings. The highest BCUT2D eigenvalue weighted by molar-refractivity contribution is 7.86. The lowest BCUT2D eigenvalue weighted by molar-refractivity contribution is 0.0320. The van der Waals surface area contributed by atoms with E-state index in [1.165, 1.54) is 0 Å². The molecule has 2 rings (SSSR count). The number of ether oxygens (including phenoxy) is 1. The van der Waals surface area contributed by atoms with Gasteiger partial charge < -0.3 is 10.1 Å². The zero-order valence-corrected chi connectivity index (χ0v) is 12.4. The van der Waals surface area contributed by atoms with Gasteiger partial charge in [0.15, 0.2) is 0 Å².